The van der Waals surface area contributed by atoms with E-state index >= 15 is 0 Å². The first-order chi connectivity index (χ1) is 8.23. The number of sulfonamides is 1. The smallest absolute Gasteiger partial charge is 0.211 e. The molecule has 4 nitrogen and oxygen atoms in total. The van der Waals surface area contributed by atoms with Crippen LogP contribution in [0.4, 0.5) is 13.2 Å². The molecule has 1 heterocycles. The number of halogens is 3. The average molecular weight is 282 g/mol. The summed E-state index contributed by atoms with van der Waals surface area (Å²) in [5, 5.41) is 7.53. The van der Waals surface area contributed by atoms with Gasteiger partial charge in [-0.15, -0.1) is 0 Å². The first kappa shape index (κ1) is 15.0. The molecule has 0 bridgehead atoms. The van der Waals surface area contributed by atoms with E-state index in [0.29, 0.717) is 0 Å². The van der Waals surface area contributed by atoms with Crippen LogP contribution in [0.3, 0.4) is 0 Å². The Morgan fingerprint density at radius 2 is 2.17 bits per heavy atom. The molecule has 0 aliphatic carbocycles. The topological polar surface area (TPSA) is 61.2 Å². The van der Waals surface area contributed by atoms with Crippen molar-refractivity contribution < 1.29 is 21.6 Å². The van der Waals surface area contributed by atoms with E-state index in [1.165, 1.54) is 0 Å². The van der Waals surface area contributed by atoms with Crippen molar-refractivity contribution in [3.63, 3.8) is 0 Å². The summed E-state index contributed by atoms with van der Waals surface area (Å²) in [5.74, 6) is 0. The lowest BCUT2D eigenvalue weighted by Crippen LogP contribution is -2.41. The predicted molar refractivity (Wildman–Crippen MR) is 58.9 cm³/mol. The van der Waals surface area contributed by atoms with Gasteiger partial charge in [-0.25, -0.2) is 8.42 Å². The summed E-state index contributed by atoms with van der Waals surface area (Å²) in [6, 6.07) is 1.66. The molecule has 18 heavy (non-hydrogen) atoms. The number of hydrogen-bond acceptors (Lipinski definition) is 3. The van der Waals surface area contributed by atoms with Crippen molar-refractivity contribution in [2.45, 2.75) is 31.2 Å². The van der Waals surface area contributed by atoms with Crippen molar-refractivity contribution in [3.05, 3.63) is 11.6 Å². The van der Waals surface area contributed by atoms with Crippen LogP contribution in [0, 0.1) is 11.3 Å². The van der Waals surface area contributed by atoms with E-state index in [1.54, 1.807) is 13.0 Å². The van der Waals surface area contributed by atoms with Gasteiger partial charge < -0.3 is 0 Å². The second-order valence-corrected chi connectivity index (χ2v) is 6.02. The van der Waals surface area contributed by atoms with Crippen molar-refractivity contribution in [2.75, 3.05) is 13.1 Å². The molecule has 0 aromatic rings. The van der Waals surface area contributed by atoms with Crippen LogP contribution in [0.25, 0.3) is 0 Å². The quantitative estimate of drug-likeness (QED) is 0.742. The predicted octanol–water partition coefficient (Wildman–Crippen LogP) is 1.81. The number of nitrogens with zero attached hydrogens (tertiary/aromatic N) is 2. The third-order valence-electron chi connectivity index (χ3n) is 2.77. The van der Waals surface area contributed by atoms with Crippen LogP contribution in [0.5, 0.6) is 0 Å². The Morgan fingerprint density at radius 3 is 2.50 bits per heavy atom. The summed E-state index contributed by atoms with van der Waals surface area (Å²) < 4.78 is 61.8. The van der Waals surface area contributed by atoms with Gasteiger partial charge in [-0.3, -0.25) is 0 Å². The molecule has 1 aliphatic rings. The maximum absolute atomic E-state index is 12.4. The van der Waals surface area contributed by atoms with Crippen LogP contribution in [0.1, 0.15) is 19.8 Å². The van der Waals surface area contributed by atoms with E-state index in [1.807, 2.05) is 0 Å². The number of nitriles is 1. The minimum atomic E-state index is -4.41. The highest BCUT2D eigenvalue weighted by molar-refractivity contribution is 7.90. The van der Waals surface area contributed by atoms with Gasteiger partial charge in [0.25, 0.3) is 0 Å². The second kappa shape index (κ2) is 5.28. The van der Waals surface area contributed by atoms with Gasteiger partial charge in [-0.05, 0) is 12.8 Å². The standard InChI is InChI=1S/C10H13F3N2O2S/c1-2-9(7-14)18(16,17)15-5-3-8(4-6-15)10(11,12)13/h3,9H,2,4-6H2,1H3. The molecular weight excluding hydrogens is 269 g/mol. The zero-order valence-electron chi connectivity index (χ0n) is 9.74. The Balaban J connectivity index is 2.87. The fourth-order valence-corrected chi connectivity index (χ4v) is 3.23. The number of alkyl halides is 3. The van der Waals surface area contributed by atoms with Gasteiger partial charge >= 0.3 is 6.18 Å². The minimum Gasteiger partial charge on any atom is -0.211 e. The molecule has 0 amide bonds. The summed E-state index contributed by atoms with van der Waals surface area (Å²) >= 11 is 0. The van der Waals surface area contributed by atoms with Gasteiger partial charge in [0, 0.05) is 18.7 Å². The maximum Gasteiger partial charge on any atom is 0.412 e. The molecule has 1 aliphatic heterocycles. The van der Waals surface area contributed by atoms with Crippen molar-refractivity contribution in [3.8, 4) is 6.07 Å². The normalized spacial score (nSPS) is 20.1. The molecule has 0 aromatic carbocycles. The summed E-state index contributed by atoms with van der Waals surface area (Å²) in [5.41, 5.74) is -0.709. The van der Waals surface area contributed by atoms with Crippen LogP contribution in [0.15, 0.2) is 11.6 Å². The summed E-state index contributed by atoms with van der Waals surface area (Å²) in [7, 11) is -3.83. The molecule has 0 spiro atoms. The lowest BCUT2D eigenvalue weighted by Gasteiger charge is -2.27. The Labute approximate surface area is 104 Å². The molecular formula is C10H13F3N2O2S. The monoisotopic (exact) mass is 282 g/mol. The van der Waals surface area contributed by atoms with Crippen molar-refractivity contribution >= 4 is 10.0 Å². The molecule has 1 rings (SSSR count). The Bertz CT molecular complexity index is 476. The Hall–Kier alpha value is -1.07. The van der Waals surface area contributed by atoms with Gasteiger partial charge in [0.1, 0.15) is 0 Å². The van der Waals surface area contributed by atoms with E-state index < -0.39 is 27.0 Å². The minimum absolute atomic E-state index is 0.116. The average Bonchev–Trinajstić information content (AvgIpc) is 2.29. The van der Waals surface area contributed by atoms with Crippen molar-refractivity contribution in [2.24, 2.45) is 0 Å². The molecule has 0 saturated heterocycles. The van der Waals surface area contributed by atoms with Crippen LogP contribution in [-0.4, -0.2) is 37.2 Å². The molecule has 0 fully saturated rings. The molecule has 1 atom stereocenters. The summed E-state index contributed by atoms with van der Waals surface area (Å²) in [6.45, 7) is 0.994. The van der Waals surface area contributed by atoms with E-state index in [2.05, 4.69) is 0 Å². The van der Waals surface area contributed by atoms with Gasteiger partial charge in [0.05, 0.1) is 6.07 Å². The van der Waals surface area contributed by atoms with Gasteiger partial charge in [0.15, 0.2) is 5.25 Å². The first-order valence-electron chi connectivity index (χ1n) is 5.38. The lowest BCUT2D eigenvalue weighted by atomic mass is 10.1. The largest absolute Gasteiger partial charge is 0.412 e. The van der Waals surface area contributed by atoms with Crippen molar-refractivity contribution in [1.82, 2.24) is 4.31 Å². The Kier molecular flexibility index (Phi) is 4.40. The fraction of sp³-hybridized carbons (Fsp3) is 0.700. The van der Waals surface area contributed by atoms with Crippen LogP contribution in [0.2, 0.25) is 0 Å². The molecule has 0 radical (unpaired) electrons. The molecule has 0 saturated carbocycles. The van der Waals surface area contributed by atoms with E-state index in [9.17, 15) is 21.6 Å². The van der Waals surface area contributed by atoms with Crippen LogP contribution < -0.4 is 0 Å². The third kappa shape index (κ3) is 3.03. The van der Waals surface area contributed by atoms with E-state index in [4.69, 9.17) is 5.26 Å². The van der Waals surface area contributed by atoms with Gasteiger partial charge in [0.2, 0.25) is 10.0 Å². The second-order valence-electron chi connectivity index (χ2n) is 3.91. The molecule has 8 heteroatoms. The van der Waals surface area contributed by atoms with Gasteiger partial charge in [-0.1, -0.05) is 13.0 Å². The molecule has 1 unspecified atom stereocenters. The first-order valence-corrected chi connectivity index (χ1v) is 6.88. The fourth-order valence-electron chi connectivity index (χ4n) is 1.69. The highest BCUT2D eigenvalue weighted by Crippen LogP contribution is 2.31. The number of hydrogen-bond donors (Lipinski definition) is 0. The number of rotatable bonds is 3. The van der Waals surface area contributed by atoms with E-state index in [-0.39, 0.29) is 25.9 Å². The highest BCUT2D eigenvalue weighted by atomic mass is 32.2. The van der Waals surface area contributed by atoms with Gasteiger partial charge in [-0.2, -0.15) is 22.7 Å². The molecule has 102 valence electrons. The van der Waals surface area contributed by atoms with E-state index in [0.717, 1.165) is 10.4 Å². The third-order valence-corrected chi connectivity index (χ3v) is 4.98. The van der Waals surface area contributed by atoms with Crippen molar-refractivity contribution in [1.29, 1.82) is 5.26 Å². The SMILES string of the molecule is CCC(C#N)S(=O)(=O)N1CC=C(C(F)(F)F)CC1. The summed E-state index contributed by atoms with van der Waals surface area (Å²) in [6.07, 6.45) is -3.80. The van der Waals surface area contributed by atoms with Crippen LogP contribution >= 0.6 is 0 Å². The Morgan fingerprint density at radius 1 is 1.56 bits per heavy atom. The zero-order chi connectivity index (χ0) is 14.0. The molecule has 0 N–H and O–H groups in total. The molecule has 0 aromatic heterocycles. The summed E-state index contributed by atoms with van der Waals surface area (Å²) in [4.78, 5) is 0. The lowest BCUT2D eigenvalue weighted by molar-refractivity contribution is -0.0953. The highest BCUT2D eigenvalue weighted by Gasteiger charge is 2.38. The zero-order valence-corrected chi connectivity index (χ0v) is 10.6. The maximum atomic E-state index is 12.4. The van der Waals surface area contributed by atoms with Crippen LogP contribution in [-0.2, 0) is 10.0 Å².